The molecule has 142 valence electrons. The van der Waals surface area contributed by atoms with Gasteiger partial charge in [0.2, 0.25) is 11.8 Å². The Kier molecular flexibility index (Phi) is 4.53. The van der Waals surface area contributed by atoms with Crippen LogP contribution >= 0.6 is 0 Å². The van der Waals surface area contributed by atoms with Crippen LogP contribution in [0, 0.1) is 5.92 Å². The number of carbonyl (C=O) groups excluding carboxylic acids is 4. The lowest BCUT2D eigenvalue weighted by atomic mass is 9.80. The molecular formula is C19H22N4O4. The summed E-state index contributed by atoms with van der Waals surface area (Å²) in [5.41, 5.74) is 7.17. The monoisotopic (exact) mass is 370 g/mol. The van der Waals surface area contributed by atoms with E-state index in [9.17, 15) is 19.2 Å². The van der Waals surface area contributed by atoms with E-state index in [0.717, 1.165) is 23.3 Å². The average Bonchev–Trinajstić information content (AvgIpc) is 2.85. The van der Waals surface area contributed by atoms with Crippen LogP contribution in [0.5, 0.6) is 0 Å². The van der Waals surface area contributed by atoms with Crippen molar-refractivity contribution in [2.24, 2.45) is 11.7 Å². The van der Waals surface area contributed by atoms with Crippen LogP contribution in [0.3, 0.4) is 0 Å². The smallest absolute Gasteiger partial charge is 0.262 e. The maximum atomic E-state index is 12.8. The van der Waals surface area contributed by atoms with Gasteiger partial charge < -0.3 is 11.1 Å². The van der Waals surface area contributed by atoms with Gasteiger partial charge in [0.15, 0.2) is 0 Å². The predicted molar refractivity (Wildman–Crippen MR) is 95.5 cm³/mol. The summed E-state index contributed by atoms with van der Waals surface area (Å²) in [6.07, 6.45) is 2.39. The molecule has 1 unspecified atom stereocenters. The third kappa shape index (κ3) is 3.15. The lowest BCUT2D eigenvalue weighted by molar-refractivity contribution is -0.136. The molecule has 8 nitrogen and oxygen atoms in total. The van der Waals surface area contributed by atoms with Crippen molar-refractivity contribution in [2.45, 2.75) is 44.3 Å². The van der Waals surface area contributed by atoms with Crippen molar-refractivity contribution in [1.82, 2.24) is 15.5 Å². The molecule has 0 aromatic heterocycles. The fraction of sp³-hybridized carbons (Fsp3) is 0.474. The van der Waals surface area contributed by atoms with E-state index in [0.29, 0.717) is 36.2 Å². The van der Waals surface area contributed by atoms with Crippen LogP contribution < -0.4 is 16.4 Å². The third-order valence-electron chi connectivity index (χ3n) is 5.67. The first-order valence-electron chi connectivity index (χ1n) is 9.26. The first kappa shape index (κ1) is 17.8. The number of fused-ring (bicyclic) bond motifs is 1. The Hall–Kier alpha value is -2.58. The van der Waals surface area contributed by atoms with E-state index in [2.05, 4.69) is 10.6 Å². The Morgan fingerprint density at radius 1 is 1.11 bits per heavy atom. The Morgan fingerprint density at radius 3 is 2.56 bits per heavy atom. The highest BCUT2D eigenvalue weighted by Crippen LogP contribution is 2.29. The van der Waals surface area contributed by atoms with Gasteiger partial charge in [0, 0.05) is 19.0 Å². The highest BCUT2D eigenvalue weighted by molar-refractivity contribution is 6.23. The molecule has 1 aromatic carbocycles. The van der Waals surface area contributed by atoms with Gasteiger partial charge in [0.1, 0.15) is 6.04 Å². The molecule has 4 N–H and O–H groups in total. The number of hydrogen-bond donors (Lipinski definition) is 3. The van der Waals surface area contributed by atoms with Crippen molar-refractivity contribution < 1.29 is 19.2 Å². The Labute approximate surface area is 156 Å². The molecule has 0 radical (unpaired) electrons. The number of nitrogens with two attached hydrogens (primary N) is 1. The number of amides is 4. The summed E-state index contributed by atoms with van der Waals surface area (Å²) in [5, 5.41) is 5.63. The van der Waals surface area contributed by atoms with Gasteiger partial charge in [-0.05, 0) is 49.4 Å². The van der Waals surface area contributed by atoms with Crippen LogP contribution in [-0.4, -0.2) is 47.2 Å². The lowest BCUT2D eigenvalue weighted by Crippen LogP contribution is -2.54. The van der Waals surface area contributed by atoms with Crippen LogP contribution in [0.4, 0.5) is 0 Å². The number of nitrogens with zero attached hydrogens (tertiary/aromatic N) is 1. The minimum absolute atomic E-state index is 0.115. The third-order valence-corrected chi connectivity index (χ3v) is 5.67. The van der Waals surface area contributed by atoms with Gasteiger partial charge in [-0.2, -0.15) is 0 Å². The van der Waals surface area contributed by atoms with Crippen LogP contribution in [0.25, 0.3) is 0 Å². The molecule has 0 bridgehead atoms. The topological polar surface area (TPSA) is 122 Å². The van der Waals surface area contributed by atoms with Crippen molar-refractivity contribution in [2.75, 3.05) is 6.54 Å². The number of carbonyl (C=O) groups is 4. The fourth-order valence-electron chi connectivity index (χ4n) is 3.99. The van der Waals surface area contributed by atoms with E-state index < -0.39 is 23.8 Å². The molecular weight excluding hydrogens is 348 g/mol. The van der Waals surface area contributed by atoms with Gasteiger partial charge >= 0.3 is 0 Å². The summed E-state index contributed by atoms with van der Waals surface area (Å²) in [4.78, 5) is 49.8. The molecule has 4 rings (SSSR count). The Morgan fingerprint density at radius 2 is 1.85 bits per heavy atom. The summed E-state index contributed by atoms with van der Waals surface area (Å²) >= 11 is 0. The van der Waals surface area contributed by atoms with Gasteiger partial charge in [-0.1, -0.05) is 6.07 Å². The van der Waals surface area contributed by atoms with Crippen molar-refractivity contribution in [3.8, 4) is 0 Å². The second kappa shape index (κ2) is 6.86. The van der Waals surface area contributed by atoms with Gasteiger partial charge in [-0.15, -0.1) is 0 Å². The molecule has 1 aromatic rings. The first-order chi connectivity index (χ1) is 13.0. The number of nitrogens with one attached hydrogen (secondary N) is 2. The highest BCUT2D eigenvalue weighted by atomic mass is 16.2. The van der Waals surface area contributed by atoms with Crippen LogP contribution in [0.1, 0.15) is 52.0 Å². The van der Waals surface area contributed by atoms with Crippen LogP contribution in [0.15, 0.2) is 18.2 Å². The zero-order chi connectivity index (χ0) is 19.1. The summed E-state index contributed by atoms with van der Waals surface area (Å²) < 4.78 is 0. The van der Waals surface area contributed by atoms with Gasteiger partial charge in [0.05, 0.1) is 11.1 Å². The van der Waals surface area contributed by atoms with Crippen LogP contribution in [0.2, 0.25) is 0 Å². The minimum atomic E-state index is -0.931. The Balaban J connectivity index is 1.47. The highest BCUT2D eigenvalue weighted by Gasteiger charge is 2.44. The molecule has 0 spiro atoms. The predicted octanol–water partition coefficient (Wildman–Crippen LogP) is -0.0853. The molecule has 27 heavy (non-hydrogen) atoms. The van der Waals surface area contributed by atoms with E-state index in [1.807, 2.05) is 6.07 Å². The van der Waals surface area contributed by atoms with Gasteiger partial charge in [0.25, 0.3) is 11.8 Å². The normalized spacial score (nSPS) is 27.4. The van der Waals surface area contributed by atoms with Gasteiger partial charge in [-0.25, -0.2) is 0 Å². The average molecular weight is 370 g/mol. The number of imide groups is 2. The first-order valence-corrected chi connectivity index (χ1v) is 9.26. The summed E-state index contributed by atoms with van der Waals surface area (Å²) in [6.45, 7) is 1.32. The number of rotatable bonds is 5. The van der Waals surface area contributed by atoms with E-state index >= 15 is 0 Å². The van der Waals surface area contributed by atoms with Crippen molar-refractivity contribution >= 4 is 23.6 Å². The number of benzene rings is 1. The van der Waals surface area contributed by atoms with E-state index in [1.165, 1.54) is 0 Å². The van der Waals surface area contributed by atoms with E-state index in [4.69, 9.17) is 5.73 Å². The van der Waals surface area contributed by atoms with Crippen molar-refractivity contribution in [3.63, 3.8) is 0 Å². The molecule has 2 heterocycles. The number of piperidine rings is 1. The zero-order valence-electron chi connectivity index (χ0n) is 14.9. The molecule has 4 amide bonds. The summed E-state index contributed by atoms with van der Waals surface area (Å²) in [6, 6.07) is 4.68. The van der Waals surface area contributed by atoms with Crippen molar-refractivity contribution in [3.05, 3.63) is 34.9 Å². The lowest BCUT2D eigenvalue weighted by Gasteiger charge is -2.35. The fourth-order valence-corrected chi connectivity index (χ4v) is 3.99. The summed E-state index contributed by atoms with van der Waals surface area (Å²) in [5.74, 6) is -1.34. The largest absolute Gasteiger partial charge is 0.330 e. The van der Waals surface area contributed by atoms with E-state index in [-0.39, 0.29) is 18.7 Å². The molecule has 1 saturated heterocycles. The molecule has 1 saturated carbocycles. The quantitative estimate of drug-likeness (QED) is 0.623. The van der Waals surface area contributed by atoms with Crippen LogP contribution in [-0.2, 0) is 16.1 Å². The second-order valence-corrected chi connectivity index (χ2v) is 7.48. The Bertz CT molecular complexity index is 831. The summed E-state index contributed by atoms with van der Waals surface area (Å²) in [7, 11) is 0. The zero-order valence-corrected chi connectivity index (χ0v) is 14.9. The van der Waals surface area contributed by atoms with Gasteiger partial charge in [-0.3, -0.25) is 29.4 Å². The molecule has 2 aliphatic heterocycles. The maximum Gasteiger partial charge on any atom is 0.262 e. The molecule has 2 fully saturated rings. The molecule has 1 aliphatic carbocycles. The van der Waals surface area contributed by atoms with Crippen molar-refractivity contribution in [1.29, 1.82) is 0 Å². The standard InChI is InChI=1S/C19H22N4O4/c20-8-11-5-12(6-11)21-9-10-1-2-13-14(7-10)19(27)23(18(13)26)15-3-4-16(24)22-17(15)25/h1-2,7,11-12,15,21H,3-6,8-9,20H2,(H,22,24,25). The molecule has 3 aliphatic rings. The molecule has 8 heteroatoms. The SMILES string of the molecule is NCC1CC(NCc2ccc3c(c2)C(=O)N(C2CCC(=O)NC2=O)C3=O)C1. The second-order valence-electron chi connectivity index (χ2n) is 7.48. The molecule has 1 atom stereocenters. The number of hydrogen-bond acceptors (Lipinski definition) is 6. The van der Waals surface area contributed by atoms with E-state index in [1.54, 1.807) is 12.1 Å². The maximum absolute atomic E-state index is 12.8. The minimum Gasteiger partial charge on any atom is -0.330 e.